The molecule has 0 bridgehead atoms. The Balaban J connectivity index is 3.02. The van der Waals surface area contributed by atoms with Gasteiger partial charge in [0.05, 0.1) is 5.57 Å². The van der Waals surface area contributed by atoms with Crippen LogP contribution in [0.5, 0.6) is 0 Å². The van der Waals surface area contributed by atoms with Crippen molar-refractivity contribution >= 4 is 23.2 Å². The molecule has 0 unspecified atom stereocenters. The molecule has 0 N–H and O–H groups in total. The van der Waals surface area contributed by atoms with Crippen molar-refractivity contribution in [1.82, 2.24) is 0 Å². The van der Waals surface area contributed by atoms with Gasteiger partial charge in [-0.1, -0.05) is 29.1 Å². The second-order valence-corrected chi connectivity index (χ2v) is 3.29. The van der Waals surface area contributed by atoms with E-state index in [0.717, 1.165) is 6.08 Å². The zero-order chi connectivity index (χ0) is 7.99. The number of terminal acetylenes is 1. The Kier molecular flexibility index (Phi) is 1.47. The van der Waals surface area contributed by atoms with E-state index in [-0.39, 0.29) is 0 Å². The summed E-state index contributed by atoms with van der Waals surface area (Å²) in [5.74, 6) is -1.47. The van der Waals surface area contributed by atoms with Crippen molar-refractivity contribution in [2.45, 2.75) is 10.3 Å². The predicted octanol–water partition coefficient (Wildman–Crippen LogP) is 2.37. The molecule has 4 heteroatoms. The van der Waals surface area contributed by atoms with Crippen LogP contribution in [0.25, 0.3) is 0 Å². The van der Waals surface area contributed by atoms with Gasteiger partial charge in [-0.25, -0.2) is 0 Å². The second kappa shape index (κ2) is 1.87. The van der Waals surface area contributed by atoms with E-state index < -0.39 is 15.8 Å². The van der Waals surface area contributed by atoms with Crippen molar-refractivity contribution in [2.75, 3.05) is 0 Å². The van der Waals surface area contributed by atoms with E-state index in [1.165, 1.54) is 0 Å². The van der Waals surface area contributed by atoms with Crippen LogP contribution >= 0.6 is 23.2 Å². The average Bonchev–Trinajstić information content (AvgIpc) is 1.83. The third-order valence-electron chi connectivity index (χ3n) is 1.24. The fourth-order valence-electron chi connectivity index (χ4n) is 0.597. The normalized spacial score (nSPS) is 26.1. The lowest BCUT2D eigenvalue weighted by Gasteiger charge is -2.35. The molecule has 1 aliphatic rings. The zero-order valence-electron chi connectivity index (χ0n) is 4.67. The van der Waals surface area contributed by atoms with Crippen molar-refractivity contribution in [3.63, 3.8) is 0 Å². The summed E-state index contributed by atoms with van der Waals surface area (Å²) in [6, 6.07) is 0. The maximum Gasteiger partial charge on any atom is 0.316 e. The summed E-state index contributed by atoms with van der Waals surface area (Å²) in [6.07, 6.45) is 5.67. The van der Waals surface area contributed by atoms with Gasteiger partial charge in [0, 0.05) is 0 Å². The number of hydrogen-bond acceptors (Lipinski definition) is 0. The summed E-state index contributed by atoms with van der Waals surface area (Å²) < 4.78 is 22.9. The van der Waals surface area contributed by atoms with Crippen LogP contribution in [0.2, 0.25) is 0 Å². The quantitative estimate of drug-likeness (QED) is 0.399. The Labute approximate surface area is 66.8 Å². The van der Waals surface area contributed by atoms with E-state index >= 15 is 0 Å². The van der Waals surface area contributed by atoms with Crippen LogP contribution in [0.4, 0.5) is 8.78 Å². The molecular formula is C6H2Cl2F2. The smallest absolute Gasteiger partial charge is 0.197 e. The minimum absolute atomic E-state index is 0.447. The Morgan fingerprint density at radius 3 is 2.10 bits per heavy atom. The van der Waals surface area contributed by atoms with E-state index in [4.69, 9.17) is 29.6 Å². The van der Waals surface area contributed by atoms with E-state index in [2.05, 4.69) is 0 Å². The molecule has 0 aliphatic heterocycles. The number of halogens is 4. The highest BCUT2D eigenvalue weighted by Crippen LogP contribution is 2.52. The van der Waals surface area contributed by atoms with E-state index in [9.17, 15) is 8.78 Å². The fraction of sp³-hybridized carbons (Fsp3) is 0.333. The van der Waals surface area contributed by atoms with Crippen molar-refractivity contribution in [3.05, 3.63) is 11.6 Å². The van der Waals surface area contributed by atoms with Gasteiger partial charge in [0.2, 0.25) is 4.33 Å². The monoisotopic (exact) mass is 182 g/mol. The minimum Gasteiger partial charge on any atom is -0.197 e. The molecule has 0 fully saturated rings. The van der Waals surface area contributed by atoms with Crippen LogP contribution < -0.4 is 0 Å². The summed E-state index contributed by atoms with van der Waals surface area (Å²) >= 11 is 10.2. The zero-order valence-corrected chi connectivity index (χ0v) is 6.18. The lowest BCUT2D eigenvalue weighted by molar-refractivity contribution is 0.0213. The van der Waals surface area contributed by atoms with Crippen molar-refractivity contribution in [3.8, 4) is 12.3 Å². The molecule has 0 heterocycles. The van der Waals surface area contributed by atoms with Gasteiger partial charge in [0.15, 0.2) is 0 Å². The maximum absolute atomic E-state index is 12.5. The van der Waals surface area contributed by atoms with Crippen LogP contribution in [0, 0.1) is 12.3 Å². The molecule has 0 spiro atoms. The summed E-state index contributed by atoms with van der Waals surface area (Å²) in [5.41, 5.74) is -0.447. The predicted molar refractivity (Wildman–Crippen MR) is 36.3 cm³/mol. The summed E-state index contributed by atoms with van der Waals surface area (Å²) in [7, 11) is 0. The minimum atomic E-state index is -3.26. The van der Waals surface area contributed by atoms with Gasteiger partial charge in [0.25, 0.3) is 0 Å². The summed E-state index contributed by atoms with van der Waals surface area (Å²) in [6.45, 7) is 0. The van der Waals surface area contributed by atoms with Crippen LogP contribution in [0.15, 0.2) is 11.6 Å². The number of rotatable bonds is 0. The molecule has 10 heavy (non-hydrogen) atoms. The second-order valence-electron chi connectivity index (χ2n) is 1.90. The molecule has 0 aromatic carbocycles. The Hall–Kier alpha value is -0.260. The first kappa shape index (κ1) is 7.84. The number of allylic oxidation sites excluding steroid dienone is 2. The molecule has 0 radical (unpaired) electrons. The molecule has 0 atom stereocenters. The van der Waals surface area contributed by atoms with Gasteiger partial charge in [0.1, 0.15) is 0 Å². The Bertz CT molecular complexity index is 235. The third-order valence-corrected chi connectivity index (χ3v) is 1.93. The highest BCUT2D eigenvalue weighted by molar-refractivity contribution is 6.52. The molecule has 0 amide bonds. The molecule has 1 aliphatic carbocycles. The Morgan fingerprint density at radius 1 is 1.50 bits per heavy atom. The van der Waals surface area contributed by atoms with Crippen LogP contribution in [-0.4, -0.2) is 10.3 Å². The topological polar surface area (TPSA) is 0 Å². The molecule has 0 nitrogen and oxygen atoms in total. The molecule has 0 saturated heterocycles. The fourth-order valence-corrected chi connectivity index (χ4v) is 1.02. The van der Waals surface area contributed by atoms with Crippen LogP contribution in [-0.2, 0) is 0 Å². The van der Waals surface area contributed by atoms with Crippen molar-refractivity contribution in [1.29, 1.82) is 0 Å². The molecular weight excluding hydrogens is 181 g/mol. The first-order valence-corrected chi connectivity index (χ1v) is 3.13. The molecule has 1 rings (SSSR count). The maximum atomic E-state index is 12.5. The highest BCUT2D eigenvalue weighted by Gasteiger charge is 2.60. The van der Waals surface area contributed by atoms with Gasteiger partial charge < -0.3 is 0 Å². The molecule has 0 aromatic heterocycles. The highest BCUT2D eigenvalue weighted by atomic mass is 35.5. The van der Waals surface area contributed by atoms with Gasteiger partial charge in [-0.15, -0.1) is 6.42 Å². The van der Waals surface area contributed by atoms with Crippen molar-refractivity contribution < 1.29 is 8.78 Å². The lowest BCUT2D eigenvalue weighted by atomic mass is 9.93. The summed E-state index contributed by atoms with van der Waals surface area (Å²) in [5, 5.41) is 0. The largest absolute Gasteiger partial charge is 0.316 e. The first-order chi connectivity index (χ1) is 4.42. The SMILES string of the molecule is C#CC1=CC(Cl)(Cl)C1(F)F. The first-order valence-electron chi connectivity index (χ1n) is 2.37. The van der Waals surface area contributed by atoms with Crippen LogP contribution in [0.3, 0.4) is 0 Å². The van der Waals surface area contributed by atoms with E-state index in [1.807, 2.05) is 0 Å². The molecule has 54 valence electrons. The lowest BCUT2D eigenvalue weighted by Crippen LogP contribution is -2.46. The standard InChI is InChI=1S/C6H2Cl2F2/c1-2-4-3-5(7,8)6(4,9)10/h1,3H. The third kappa shape index (κ3) is 0.744. The molecule has 0 aromatic rings. The van der Waals surface area contributed by atoms with E-state index in [0.29, 0.717) is 0 Å². The Morgan fingerprint density at radius 2 is 2.00 bits per heavy atom. The van der Waals surface area contributed by atoms with Gasteiger partial charge >= 0.3 is 5.92 Å². The number of hydrogen-bond donors (Lipinski definition) is 0. The number of alkyl halides is 4. The van der Waals surface area contributed by atoms with Gasteiger partial charge in [-0.05, 0) is 6.08 Å². The summed E-state index contributed by atoms with van der Waals surface area (Å²) in [4.78, 5) is 0. The average molecular weight is 183 g/mol. The van der Waals surface area contributed by atoms with Gasteiger partial charge in [-0.3, -0.25) is 0 Å². The molecule has 0 saturated carbocycles. The van der Waals surface area contributed by atoms with Crippen molar-refractivity contribution in [2.24, 2.45) is 0 Å². The van der Waals surface area contributed by atoms with Gasteiger partial charge in [-0.2, -0.15) is 8.78 Å². The van der Waals surface area contributed by atoms with Crippen LogP contribution in [0.1, 0.15) is 0 Å². The van der Waals surface area contributed by atoms with E-state index in [1.54, 1.807) is 5.92 Å².